The van der Waals surface area contributed by atoms with E-state index in [2.05, 4.69) is 5.32 Å². The van der Waals surface area contributed by atoms with Gasteiger partial charge in [0.1, 0.15) is 6.54 Å². The Bertz CT molecular complexity index is 365. The van der Waals surface area contributed by atoms with Crippen molar-refractivity contribution < 1.29 is 27.9 Å². The number of hydrogen-bond donors (Lipinski definition) is 2. The lowest BCUT2D eigenvalue weighted by Crippen LogP contribution is -2.49. The van der Waals surface area contributed by atoms with Crippen LogP contribution in [0.25, 0.3) is 0 Å². The molecule has 0 heterocycles. The summed E-state index contributed by atoms with van der Waals surface area (Å²) in [6.07, 6.45) is -3.36. The molecule has 0 bridgehead atoms. The molecule has 110 valence electrons. The van der Waals surface area contributed by atoms with Crippen molar-refractivity contribution in [2.24, 2.45) is 5.41 Å². The average molecular weight is 282 g/mol. The highest BCUT2D eigenvalue weighted by molar-refractivity contribution is 5.78. The minimum Gasteiger partial charge on any atom is -0.481 e. The van der Waals surface area contributed by atoms with Gasteiger partial charge in [-0.2, -0.15) is 13.2 Å². The van der Waals surface area contributed by atoms with Crippen molar-refractivity contribution in [2.75, 3.05) is 13.1 Å². The molecule has 0 aromatic heterocycles. The minimum absolute atomic E-state index is 0.220. The lowest BCUT2D eigenvalue weighted by molar-refractivity contribution is -0.147. The van der Waals surface area contributed by atoms with Gasteiger partial charge in [-0.25, -0.2) is 4.79 Å². The zero-order chi connectivity index (χ0) is 14.8. The number of carbonyl (C=O) groups excluding carboxylic acids is 1. The Hall–Kier alpha value is -1.47. The van der Waals surface area contributed by atoms with Crippen LogP contribution < -0.4 is 5.32 Å². The van der Waals surface area contributed by atoms with Gasteiger partial charge in [0.25, 0.3) is 0 Å². The molecule has 1 aliphatic rings. The smallest absolute Gasteiger partial charge is 0.406 e. The highest BCUT2D eigenvalue weighted by atomic mass is 19.4. The van der Waals surface area contributed by atoms with Crippen molar-refractivity contribution in [1.82, 2.24) is 10.2 Å². The van der Waals surface area contributed by atoms with E-state index in [9.17, 15) is 22.8 Å². The number of halogens is 3. The first kappa shape index (κ1) is 15.6. The zero-order valence-corrected chi connectivity index (χ0v) is 10.8. The molecule has 0 aliphatic heterocycles. The summed E-state index contributed by atoms with van der Waals surface area (Å²) in [7, 11) is 0. The largest absolute Gasteiger partial charge is 0.481 e. The summed E-state index contributed by atoms with van der Waals surface area (Å²) in [5, 5.41) is 11.1. The van der Waals surface area contributed by atoms with Crippen molar-refractivity contribution in [2.45, 2.75) is 38.9 Å². The SMILES string of the molecule is CC(C)(CNC(=O)N(CC(F)(F)F)C1CC1)C(=O)O. The van der Waals surface area contributed by atoms with Gasteiger partial charge in [0, 0.05) is 12.6 Å². The second-order valence-corrected chi connectivity index (χ2v) is 5.32. The molecule has 1 rings (SSSR count). The Morgan fingerprint density at radius 3 is 2.21 bits per heavy atom. The molecule has 0 aromatic rings. The lowest BCUT2D eigenvalue weighted by Gasteiger charge is -2.26. The number of aliphatic carboxylic acids is 1. The molecule has 0 atom stereocenters. The van der Waals surface area contributed by atoms with E-state index in [1.54, 1.807) is 0 Å². The molecular weight excluding hydrogens is 265 g/mol. The number of amides is 2. The van der Waals surface area contributed by atoms with E-state index in [0.29, 0.717) is 12.8 Å². The van der Waals surface area contributed by atoms with Gasteiger partial charge >= 0.3 is 18.2 Å². The number of nitrogens with zero attached hydrogens (tertiary/aromatic N) is 1. The quantitative estimate of drug-likeness (QED) is 0.808. The normalized spacial score (nSPS) is 16.1. The molecule has 0 aromatic carbocycles. The second kappa shape index (κ2) is 5.26. The third-order valence-electron chi connectivity index (χ3n) is 2.86. The first-order valence-electron chi connectivity index (χ1n) is 5.87. The molecule has 1 saturated carbocycles. The fourth-order valence-corrected chi connectivity index (χ4v) is 1.42. The fraction of sp³-hybridized carbons (Fsp3) is 0.818. The maximum atomic E-state index is 12.3. The molecule has 0 radical (unpaired) electrons. The first-order chi connectivity index (χ1) is 8.53. The Balaban J connectivity index is 2.56. The minimum atomic E-state index is -4.46. The van der Waals surface area contributed by atoms with E-state index >= 15 is 0 Å². The van der Waals surface area contributed by atoms with Crippen LogP contribution in [0.4, 0.5) is 18.0 Å². The van der Waals surface area contributed by atoms with Gasteiger partial charge in [-0.3, -0.25) is 4.79 Å². The van der Waals surface area contributed by atoms with Crippen molar-refractivity contribution >= 4 is 12.0 Å². The van der Waals surface area contributed by atoms with E-state index in [1.165, 1.54) is 13.8 Å². The second-order valence-electron chi connectivity index (χ2n) is 5.32. The average Bonchev–Trinajstić information content (AvgIpc) is 3.05. The topological polar surface area (TPSA) is 69.6 Å². The Kier molecular flexibility index (Phi) is 4.32. The first-order valence-corrected chi connectivity index (χ1v) is 5.87. The Labute approximate surface area is 108 Å². The van der Waals surface area contributed by atoms with E-state index in [4.69, 9.17) is 5.11 Å². The summed E-state index contributed by atoms with van der Waals surface area (Å²) < 4.78 is 37.0. The molecular formula is C11H17F3N2O3. The number of alkyl halides is 3. The number of urea groups is 1. The molecule has 1 aliphatic carbocycles. The summed E-state index contributed by atoms with van der Waals surface area (Å²) >= 11 is 0. The summed E-state index contributed by atoms with van der Waals surface area (Å²) in [5.41, 5.74) is -1.22. The molecule has 19 heavy (non-hydrogen) atoms. The lowest BCUT2D eigenvalue weighted by atomic mass is 9.94. The van der Waals surface area contributed by atoms with E-state index in [0.717, 1.165) is 4.90 Å². The van der Waals surface area contributed by atoms with Crippen LogP contribution in [0.3, 0.4) is 0 Å². The van der Waals surface area contributed by atoms with Gasteiger partial charge in [0.15, 0.2) is 0 Å². The van der Waals surface area contributed by atoms with Gasteiger partial charge < -0.3 is 15.3 Å². The van der Waals surface area contributed by atoms with Gasteiger partial charge in [-0.05, 0) is 26.7 Å². The summed E-state index contributed by atoms with van der Waals surface area (Å²) in [6, 6.07) is -1.26. The van der Waals surface area contributed by atoms with E-state index in [1.807, 2.05) is 0 Å². The van der Waals surface area contributed by atoms with Crippen LogP contribution in [0.15, 0.2) is 0 Å². The summed E-state index contributed by atoms with van der Waals surface area (Å²) in [4.78, 5) is 23.2. The van der Waals surface area contributed by atoms with Crippen LogP contribution in [0, 0.1) is 5.41 Å². The van der Waals surface area contributed by atoms with E-state index < -0.39 is 36.2 Å². The van der Waals surface area contributed by atoms with Crippen LogP contribution in [-0.4, -0.2) is 47.3 Å². The Morgan fingerprint density at radius 2 is 1.84 bits per heavy atom. The summed E-state index contributed by atoms with van der Waals surface area (Å²) in [6.45, 7) is 1.25. The fourth-order valence-electron chi connectivity index (χ4n) is 1.42. The van der Waals surface area contributed by atoms with Gasteiger partial charge in [-0.1, -0.05) is 0 Å². The predicted octanol–water partition coefficient (Wildman–Crippen LogP) is 1.83. The van der Waals surface area contributed by atoms with Crippen LogP contribution in [0.2, 0.25) is 0 Å². The van der Waals surface area contributed by atoms with Crippen molar-refractivity contribution in [1.29, 1.82) is 0 Å². The molecule has 5 nitrogen and oxygen atoms in total. The van der Waals surface area contributed by atoms with Crippen molar-refractivity contribution in [3.8, 4) is 0 Å². The molecule has 2 amide bonds. The third kappa shape index (κ3) is 4.96. The summed E-state index contributed by atoms with van der Waals surface area (Å²) in [5.74, 6) is -1.12. The number of nitrogens with one attached hydrogen (secondary N) is 1. The zero-order valence-electron chi connectivity index (χ0n) is 10.8. The molecule has 0 saturated heterocycles. The highest BCUT2D eigenvalue weighted by Crippen LogP contribution is 2.30. The maximum Gasteiger partial charge on any atom is 0.406 e. The van der Waals surface area contributed by atoms with Crippen molar-refractivity contribution in [3.05, 3.63) is 0 Å². The molecule has 8 heteroatoms. The monoisotopic (exact) mass is 282 g/mol. The maximum absolute atomic E-state index is 12.3. The van der Waals surface area contributed by atoms with Crippen LogP contribution >= 0.6 is 0 Å². The van der Waals surface area contributed by atoms with Crippen LogP contribution in [0.1, 0.15) is 26.7 Å². The van der Waals surface area contributed by atoms with Gasteiger partial charge in [0.05, 0.1) is 5.41 Å². The third-order valence-corrected chi connectivity index (χ3v) is 2.86. The predicted molar refractivity (Wildman–Crippen MR) is 60.6 cm³/mol. The number of carboxylic acids is 1. The standard InChI is InChI=1S/C11H17F3N2O3/c1-10(2,8(17)18)5-15-9(19)16(7-3-4-7)6-11(12,13)14/h7H,3-6H2,1-2H3,(H,15,19)(H,17,18). The molecule has 1 fully saturated rings. The van der Waals surface area contributed by atoms with Gasteiger partial charge in [0.2, 0.25) is 0 Å². The number of rotatable bonds is 5. The number of carbonyl (C=O) groups is 2. The number of hydrogen-bond acceptors (Lipinski definition) is 2. The van der Waals surface area contributed by atoms with E-state index in [-0.39, 0.29) is 6.54 Å². The molecule has 0 unspecified atom stereocenters. The Morgan fingerprint density at radius 1 is 1.32 bits per heavy atom. The molecule has 0 spiro atoms. The van der Waals surface area contributed by atoms with Crippen LogP contribution in [0.5, 0.6) is 0 Å². The highest BCUT2D eigenvalue weighted by Gasteiger charge is 2.41. The van der Waals surface area contributed by atoms with Gasteiger partial charge in [-0.15, -0.1) is 0 Å². The molecule has 2 N–H and O–H groups in total. The van der Waals surface area contributed by atoms with Crippen molar-refractivity contribution in [3.63, 3.8) is 0 Å². The number of carboxylic acid groups (broad SMARTS) is 1. The van der Waals surface area contributed by atoms with Crippen LogP contribution in [-0.2, 0) is 4.79 Å².